The highest BCUT2D eigenvalue weighted by Crippen LogP contribution is 2.36. The van der Waals surface area contributed by atoms with Gasteiger partial charge in [-0.3, -0.25) is 4.79 Å². The Labute approximate surface area is 192 Å². The van der Waals surface area contributed by atoms with Crippen molar-refractivity contribution < 1.29 is 4.42 Å². The number of aromatic nitrogens is 1. The van der Waals surface area contributed by atoms with Crippen LogP contribution in [0.1, 0.15) is 5.56 Å². The third-order valence-electron chi connectivity index (χ3n) is 5.24. The topological polar surface area (TPSA) is 43.1 Å². The molecule has 6 heteroatoms. The van der Waals surface area contributed by atoms with E-state index in [1.54, 1.807) is 19.1 Å². The van der Waals surface area contributed by atoms with Gasteiger partial charge in [0.2, 0.25) is 0 Å². The molecule has 3 aromatic carbocycles. The number of fused-ring (bicyclic) bond motifs is 2. The van der Waals surface area contributed by atoms with Crippen molar-refractivity contribution in [3.63, 3.8) is 0 Å². The van der Waals surface area contributed by atoms with Gasteiger partial charge in [0.05, 0.1) is 21.6 Å². The highest BCUT2D eigenvalue weighted by atomic mass is 35.5. The molecule has 2 aromatic heterocycles. The Kier molecular flexibility index (Phi) is 4.98. The molecule has 0 saturated heterocycles. The Morgan fingerprint density at radius 3 is 2.35 bits per heavy atom. The van der Waals surface area contributed by atoms with Crippen molar-refractivity contribution in [2.45, 2.75) is 6.92 Å². The van der Waals surface area contributed by atoms with Crippen LogP contribution in [0.25, 0.3) is 44.5 Å². The lowest BCUT2D eigenvalue weighted by Crippen LogP contribution is -2.08. The van der Waals surface area contributed by atoms with Crippen molar-refractivity contribution in [3.8, 4) is 22.6 Å². The van der Waals surface area contributed by atoms with E-state index in [-0.39, 0.29) is 10.5 Å². The fourth-order valence-corrected chi connectivity index (χ4v) is 4.36. The van der Waals surface area contributed by atoms with Crippen LogP contribution in [0.3, 0.4) is 0 Å². The van der Waals surface area contributed by atoms with E-state index in [2.05, 4.69) is 0 Å². The van der Waals surface area contributed by atoms with Gasteiger partial charge in [0.1, 0.15) is 5.76 Å². The van der Waals surface area contributed by atoms with E-state index in [1.807, 2.05) is 54.6 Å². The van der Waals surface area contributed by atoms with E-state index in [4.69, 9.17) is 44.2 Å². The summed E-state index contributed by atoms with van der Waals surface area (Å²) in [6.45, 7) is 1.74. The molecule has 0 aliphatic rings. The van der Waals surface area contributed by atoms with Gasteiger partial charge in [-0.1, -0.05) is 65.1 Å². The molecule has 0 aliphatic carbocycles. The monoisotopic (exact) mass is 465 g/mol. The Hall–Kier alpha value is -2.85. The third-order valence-corrected chi connectivity index (χ3v) is 5.99. The number of rotatable bonds is 2. The predicted octanol–water partition coefficient (Wildman–Crippen LogP) is 7.94. The zero-order valence-corrected chi connectivity index (χ0v) is 18.5. The molecule has 0 aliphatic heterocycles. The van der Waals surface area contributed by atoms with Crippen LogP contribution in [0.5, 0.6) is 0 Å². The van der Waals surface area contributed by atoms with Gasteiger partial charge >= 0.3 is 0 Å². The second-order valence-corrected chi connectivity index (χ2v) is 8.51. The first kappa shape index (κ1) is 20.1. The minimum atomic E-state index is -0.172. The summed E-state index contributed by atoms with van der Waals surface area (Å²) in [6.07, 6.45) is 0. The molecule has 0 saturated carbocycles. The van der Waals surface area contributed by atoms with Crippen LogP contribution in [0.15, 0.2) is 75.9 Å². The van der Waals surface area contributed by atoms with Crippen LogP contribution in [0.4, 0.5) is 0 Å². The number of hydrogen-bond acceptors (Lipinski definition) is 3. The van der Waals surface area contributed by atoms with E-state index in [9.17, 15) is 4.79 Å². The lowest BCUT2D eigenvalue weighted by atomic mass is 9.99. The molecule has 0 bridgehead atoms. The molecule has 0 amide bonds. The van der Waals surface area contributed by atoms with Gasteiger partial charge in [-0.2, -0.15) is 0 Å². The summed E-state index contributed by atoms with van der Waals surface area (Å²) >= 11 is 18.5. The lowest BCUT2D eigenvalue weighted by molar-refractivity contribution is 0.615. The van der Waals surface area contributed by atoms with Crippen molar-refractivity contribution in [1.82, 2.24) is 4.98 Å². The second kappa shape index (κ2) is 7.69. The smallest absolute Gasteiger partial charge is 0.196 e. The quantitative estimate of drug-likeness (QED) is 0.265. The van der Waals surface area contributed by atoms with Crippen LogP contribution >= 0.6 is 34.8 Å². The average Bonchev–Trinajstić information content (AvgIpc) is 2.76. The van der Waals surface area contributed by atoms with Crippen molar-refractivity contribution in [2.75, 3.05) is 0 Å². The van der Waals surface area contributed by atoms with Crippen molar-refractivity contribution in [1.29, 1.82) is 0 Å². The molecule has 3 nitrogen and oxygen atoms in total. The fraction of sp³-hybridized carbons (Fsp3) is 0.0400. The van der Waals surface area contributed by atoms with Crippen LogP contribution in [-0.2, 0) is 0 Å². The van der Waals surface area contributed by atoms with Crippen molar-refractivity contribution in [3.05, 3.63) is 97.6 Å². The first-order valence-electron chi connectivity index (χ1n) is 9.51. The second-order valence-electron chi connectivity index (χ2n) is 7.23. The Bertz CT molecular complexity index is 1540. The zero-order chi connectivity index (χ0) is 21.7. The molecule has 5 aromatic rings. The predicted molar refractivity (Wildman–Crippen MR) is 128 cm³/mol. The minimum Gasteiger partial charge on any atom is -0.454 e. The number of para-hydroxylation sites is 1. The Morgan fingerprint density at radius 2 is 1.58 bits per heavy atom. The summed E-state index contributed by atoms with van der Waals surface area (Å²) in [4.78, 5) is 17.9. The first-order chi connectivity index (χ1) is 14.9. The number of benzene rings is 3. The third kappa shape index (κ3) is 3.49. The van der Waals surface area contributed by atoms with Gasteiger partial charge in [-0.15, -0.1) is 0 Å². The van der Waals surface area contributed by atoms with Gasteiger partial charge < -0.3 is 4.42 Å². The molecule has 152 valence electrons. The van der Waals surface area contributed by atoms with Gasteiger partial charge in [-0.25, -0.2) is 4.98 Å². The summed E-state index contributed by atoms with van der Waals surface area (Å²) in [5.41, 5.74) is 3.81. The molecule has 2 heterocycles. The molecule has 0 spiro atoms. The minimum absolute atomic E-state index is 0.172. The largest absolute Gasteiger partial charge is 0.454 e. The molecule has 31 heavy (non-hydrogen) atoms. The number of pyridine rings is 1. The molecule has 0 N–H and O–H groups in total. The molecular weight excluding hydrogens is 453 g/mol. The van der Waals surface area contributed by atoms with Crippen LogP contribution in [0.2, 0.25) is 15.1 Å². The maximum Gasteiger partial charge on any atom is 0.196 e. The summed E-state index contributed by atoms with van der Waals surface area (Å²) in [6, 6.07) is 20.3. The summed E-state index contributed by atoms with van der Waals surface area (Å²) < 4.78 is 6.22. The summed E-state index contributed by atoms with van der Waals surface area (Å²) in [5.74, 6) is 0.454. The Morgan fingerprint density at radius 1 is 0.839 bits per heavy atom. The molecule has 0 atom stereocenters. The molecule has 0 fully saturated rings. The molecule has 5 rings (SSSR count). The highest BCUT2D eigenvalue weighted by Gasteiger charge is 2.19. The fourth-order valence-electron chi connectivity index (χ4n) is 3.71. The zero-order valence-electron chi connectivity index (χ0n) is 16.2. The number of hydrogen-bond donors (Lipinski definition) is 0. The first-order valence-corrected chi connectivity index (χ1v) is 10.6. The number of halogens is 3. The van der Waals surface area contributed by atoms with Crippen molar-refractivity contribution in [2.24, 2.45) is 0 Å². The highest BCUT2D eigenvalue weighted by molar-refractivity contribution is 6.38. The van der Waals surface area contributed by atoms with E-state index < -0.39 is 0 Å². The van der Waals surface area contributed by atoms with E-state index >= 15 is 0 Å². The van der Waals surface area contributed by atoms with E-state index in [0.717, 1.165) is 27.7 Å². The van der Waals surface area contributed by atoms with E-state index in [0.29, 0.717) is 32.3 Å². The van der Waals surface area contributed by atoms with Gasteiger partial charge in [0.15, 0.2) is 11.0 Å². The van der Waals surface area contributed by atoms with Crippen LogP contribution in [0, 0.1) is 6.92 Å². The average molecular weight is 467 g/mol. The molecule has 0 unspecified atom stereocenters. The lowest BCUT2D eigenvalue weighted by Gasteiger charge is -2.13. The standard InChI is InChI=1S/C25H14Cl3NO2/c1-13-23(30)19-10-16(27)11-20(28)25(19)31-24(13)18-12-22(14-6-8-15(26)9-7-14)29-21-5-3-2-4-17(18)21/h2-12H,1H3. The van der Waals surface area contributed by atoms with Gasteiger partial charge in [0.25, 0.3) is 0 Å². The Balaban J connectivity index is 1.86. The van der Waals surface area contributed by atoms with Gasteiger partial charge in [-0.05, 0) is 43.3 Å². The van der Waals surface area contributed by atoms with Crippen molar-refractivity contribution >= 4 is 56.7 Å². The summed E-state index contributed by atoms with van der Waals surface area (Å²) in [7, 11) is 0. The maximum atomic E-state index is 13.1. The molecule has 0 radical (unpaired) electrons. The SMILES string of the molecule is Cc1c(-c2cc(-c3ccc(Cl)cc3)nc3ccccc23)oc2c(Cl)cc(Cl)cc2c1=O. The number of nitrogens with zero attached hydrogens (tertiary/aromatic N) is 1. The van der Waals surface area contributed by atoms with E-state index in [1.165, 1.54) is 0 Å². The maximum absolute atomic E-state index is 13.1. The van der Waals surface area contributed by atoms with Crippen LogP contribution < -0.4 is 5.43 Å². The normalized spacial score (nSPS) is 11.4. The van der Waals surface area contributed by atoms with Gasteiger partial charge in [0, 0.05) is 32.1 Å². The van der Waals surface area contributed by atoms with Crippen LogP contribution in [-0.4, -0.2) is 4.98 Å². The summed E-state index contributed by atoms with van der Waals surface area (Å²) in [5, 5.41) is 2.55. The molecular formula is C25H14Cl3NO2.